The summed E-state index contributed by atoms with van der Waals surface area (Å²) in [5, 5.41) is 7.96. The molecule has 0 spiro atoms. The summed E-state index contributed by atoms with van der Waals surface area (Å²) in [5.41, 5.74) is 5.55. The van der Waals surface area contributed by atoms with E-state index < -0.39 is 18.2 Å². The van der Waals surface area contributed by atoms with Crippen molar-refractivity contribution in [2.45, 2.75) is 37.8 Å². The van der Waals surface area contributed by atoms with Gasteiger partial charge in [-0.15, -0.1) is 0 Å². The molecule has 0 fully saturated rings. The number of likely N-dealkylation sites (N-methyl/N-ethyl adjacent to an activating group) is 1. The molecule has 0 saturated heterocycles. The number of rotatable bonds is 11. The van der Waals surface area contributed by atoms with Gasteiger partial charge in [0.25, 0.3) is 0 Å². The quantitative estimate of drug-likeness (QED) is 0.320. The summed E-state index contributed by atoms with van der Waals surface area (Å²) in [6.45, 7) is 0.778. The van der Waals surface area contributed by atoms with E-state index in [1.807, 2.05) is 54.6 Å². The smallest absolute Gasteiger partial charge is 0.408 e. The van der Waals surface area contributed by atoms with E-state index in [2.05, 4.69) is 40.2 Å². The fraction of sp³-hybridized carbons (Fsp3) is 0.300. The molecule has 1 aliphatic carbocycles. The molecule has 4 rings (SSSR count). The van der Waals surface area contributed by atoms with Crippen LogP contribution in [0.3, 0.4) is 0 Å². The summed E-state index contributed by atoms with van der Waals surface area (Å²) < 4.78 is 10.8. The standard InChI is InChI=1S/C30H33N3O5/c1-31-28(34)27(33-30(36)37-19-21-11-3-2-4-12-21)17-9-10-18-32-29(35)38-20-26-24-15-7-5-13-22(24)23-14-6-8-16-25(23)26/h2-8,11-16,26-27H,9-10,17-20H2,1H3,(H,31,34)(H,32,35)(H,33,36)/t27-/m0/s1. The van der Waals surface area contributed by atoms with E-state index in [4.69, 9.17) is 9.47 Å². The Hall–Kier alpha value is -4.33. The molecule has 0 heterocycles. The van der Waals surface area contributed by atoms with Crippen LogP contribution in [0.15, 0.2) is 78.9 Å². The zero-order valence-electron chi connectivity index (χ0n) is 21.4. The molecule has 1 atom stereocenters. The van der Waals surface area contributed by atoms with Gasteiger partial charge in [-0.1, -0.05) is 78.9 Å². The minimum atomic E-state index is -0.724. The summed E-state index contributed by atoms with van der Waals surface area (Å²) >= 11 is 0. The molecule has 3 aromatic rings. The third-order valence-corrected chi connectivity index (χ3v) is 6.60. The summed E-state index contributed by atoms with van der Waals surface area (Å²) in [5.74, 6) is -0.291. The Morgan fingerprint density at radius 3 is 2.08 bits per heavy atom. The van der Waals surface area contributed by atoms with Gasteiger partial charge < -0.3 is 25.4 Å². The second-order valence-corrected chi connectivity index (χ2v) is 9.12. The van der Waals surface area contributed by atoms with Crippen molar-refractivity contribution in [2.24, 2.45) is 0 Å². The van der Waals surface area contributed by atoms with Crippen molar-refractivity contribution in [3.8, 4) is 11.1 Å². The van der Waals surface area contributed by atoms with Crippen LogP contribution in [0.5, 0.6) is 0 Å². The molecule has 0 unspecified atom stereocenters. The maximum absolute atomic E-state index is 12.3. The number of carbonyl (C=O) groups is 3. The van der Waals surface area contributed by atoms with Gasteiger partial charge in [-0.2, -0.15) is 0 Å². The zero-order valence-corrected chi connectivity index (χ0v) is 21.4. The summed E-state index contributed by atoms with van der Waals surface area (Å²) in [4.78, 5) is 36.7. The van der Waals surface area contributed by atoms with Crippen LogP contribution in [0.1, 0.15) is 41.9 Å². The van der Waals surface area contributed by atoms with Crippen LogP contribution < -0.4 is 16.0 Å². The first-order valence-corrected chi connectivity index (χ1v) is 12.8. The Bertz CT molecular complexity index is 1200. The van der Waals surface area contributed by atoms with Crippen molar-refractivity contribution >= 4 is 18.1 Å². The Morgan fingerprint density at radius 1 is 0.789 bits per heavy atom. The molecule has 0 radical (unpaired) electrons. The Morgan fingerprint density at radius 2 is 1.42 bits per heavy atom. The molecule has 38 heavy (non-hydrogen) atoms. The number of amides is 3. The molecule has 0 aliphatic heterocycles. The second kappa shape index (κ2) is 13.3. The van der Waals surface area contributed by atoms with Crippen molar-refractivity contribution in [1.29, 1.82) is 0 Å². The van der Waals surface area contributed by atoms with Gasteiger partial charge in [0.2, 0.25) is 5.91 Å². The molecule has 8 heteroatoms. The minimum Gasteiger partial charge on any atom is -0.449 e. The van der Waals surface area contributed by atoms with Crippen molar-refractivity contribution in [3.05, 3.63) is 95.6 Å². The van der Waals surface area contributed by atoms with Gasteiger partial charge in [0.05, 0.1) is 0 Å². The van der Waals surface area contributed by atoms with E-state index in [-0.39, 0.29) is 25.0 Å². The van der Waals surface area contributed by atoms with Gasteiger partial charge in [-0.25, -0.2) is 9.59 Å². The highest BCUT2D eigenvalue weighted by Crippen LogP contribution is 2.44. The Kier molecular flexibility index (Phi) is 9.34. The predicted octanol–water partition coefficient (Wildman–Crippen LogP) is 4.74. The number of ether oxygens (including phenoxy) is 2. The molecule has 3 N–H and O–H groups in total. The molecular weight excluding hydrogens is 482 g/mol. The maximum atomic E-state index is 12.3. The topological polar surface area (TPSA) is 106 Å². The number of fused-ring (bicyclic) bond motifs is 3. The van der Waals surface area contributed by atoms with E-state index in [1.54, 1.807) is 0 Å². The first-order valence-electron chi connectivity index (χ1n) is 12.8. The van der Waals surface area contributed by atoms with Gasteiger partial charge in [-0.05, 0) is 47.1 Å². The molecule has 3 amide bonds. The number of benzene rings is 3. The average Bonchev–Trinajstić information content (AvgIpc) is 3.28. The lowest BCUT2D eigenvalue weighted by Gasteiger charge is -2.17. The lowest BCUT2D eigenvalue weighted by molar-refractivity contribution is -0.122. The zero-order chi connectivity index (χ0) is 26.7. The summed E-state index contributed by atoms with van der Waals surface area (Å²) in [6.07, 6.45) is 0.516. The van der Waals surface area contributed by atoms with Gasteiger partial charge in [0.1, 0.15) is 19.3 Å². The van der Waals surface area contributed by atoms with Crippen molar-refractivity contribution in [3.63, 3.8) is 0 Å². The normalized spacial score (nSPS) is 12.6. The average molecular weight is 516 g/mol. The molecule has 8 nitrogen and oxygen atoms in total. The van der Waals surface area contributed by atoms with Gasteiger partial charge in [0.15, 0.2) is 0 Å². The van der Waals surface area contributed by atoms with Crippen LogP contribution in [0.25, 0.3) is 11.1 Å². The Balaban J connectivity index is 1.17. The largest absolute Gasteiger partial charge is 0.449 e. The van der Waals surface area contributed by atoms with Crippen LogP contribution in [-0.4, -0.2) is 44.3 Å². The number of unbranched alkanes of at least 4 members (excludes halogenated alkanes) is 1. The summed E-state index contributed by atoms with van der Waals surface area (Å²) in [7, 11) is 1.52. The van der Waals surface area contributed by atoms with Crippen LogP contribution in [0.2, 0.25) is 0 Å². The molecule has 0 aromatic heterocycles. The number of hydrogen-bond acceptors (Lipinski definition) is 5. The third kappa shape index (κ3) is 6.91. The van der Waals surface area contributed by atoms with E-state index >= 15 is 0 Å². The van der Waals surface area contributed by atoms with Crippen LogP contribution in [-0.2, 0) is 20.9 Å². The molecule has 3 aromatic carbocycles. The van der Waals surface area contributed by atoms with Crippen molar-refractivity contribution in [2.75, 3.05) is 20.2 Å². The van der Waals surface area contributed by atoms with Crippen LogP contribution in [0, 0.1) is 0 Å². The molecule has 0 bridgehead atoms. The monoisotopic (exact) mass is 515 g/mol. The number of hydrogen-bond donors (Lipinski definition) is 3. The van der Waals surface area contributed by atoms with E-state index in [1.165, 1.54) is 18.2 Å². The molecule has 0 saturated carbocycles. The first kappa shape index (κ1) is 26.7. The highest BCUT2D eigenvalue weighted by molar-refractivity contribution is 5.85. The minimum absolute atomic E-state index is 0.00851. The highest BCUT2D eigenvalue weighted by atomic mass is 16.6. The maximum Gasteiger partial charge on any atom is 0.408 e. The fourth-order valence-electron chi connectivity index (χ4n) is 4.66. The lowest BCUT2D eigenvalue weighted by Crippen LogP contribution is -2.45. The second-order valence-electron chi connectivity index (χ2n) is 9.12. The van der Waals surface area contributed by atoms with Crippen molar-refractivity contribution < 1.29 is 23.9 Å². The van der Waals surface area contributed by atoms with E-state index in [0.717, 1.165) is 16.7 Å². The predicted molar refractivity (Wildman–Crippen MR) is 145 cm³/mol. The van der Waals surface area contributed by atoms with Crippen LogP contribution >= 0.6 is 0 Å². The molecular formula is C30H33N3O5. The van der Waals surface area contributed by atoms with E-state index in [9.17, 15) is 14.4 Å². The van der Waals surface area contributed by atoms with Gasteiger partial charge >= 0.3 is 12.2 Å². The van der Waals surface area contributed by atoms with Crippen LogP contribution in [0.4, 0.5) is 9.59 Å². The number of carbonyl (C=O) groups excluding carboxylic acids is 3. The lowest BCUT2D eigenvalue weighted by atomic mass is 9.98. The first-order chi connectivity index (χ1) is 18.6. The van der Waals surface area contributed by atoms with Crippen molar-refractivity contribution in [1.82, 2.24) is 16.0 Å². The number of nitrogens with one attached hydrogen (secondary N) is 3. The molecule has 1 aliphatic rings. The molecule has 198 valence electrons. The van der Waals surface area contributed by atoms with E-state index in [0.29, 0.717) is 25.8 Å². The number of alkyl carbamates (subject to hydrolysis) is 2. The van der Waals surface area contributed by atoms with Gasteiger partial charge in [-0.3, -0.25) is 4.79 Å². The van der Waals surface area contributed by atoms with Gasteiger partial charge in [0, 0.05) is 19.5 Å². The fourth-order valence-corrected chi connectivity index (χ4v) is 4.66. The highest BCUT2D eigenvalue weighted by Gasteiger charge is 2.29. The SMILES string of the molecule is CNC(=O)[C@H](CCCCNC(=O)OCC1c2ccccc2-c2ccccc21)NC(=O)OCc1ccccc1. The third-order valence-electron chi connectivity index (χ3n) is 6.60. The summed E-state index contributed by atoms with van der Waals surface area (Å²) in [6, 6.07) is 25.0. The Labute approximate surface area is 222 Å².